The van der Waals surface area contributed by atoms with Crippen molar-refractivity contribution in [2.45, 2.75) is 18.9 Å². The molecule has 0 unspecified atom stereocenters. The number of carbonyl (C=O) groups is 2. The normalized spacial score (nSPS) is 16.9. The third-order valence-corrected chi connectivity index (χ3v) is 3.52. The van der Waals surface area contributed by atoms with Crippen molar-refractivity contribution in [2.75, 3.05) is 53.6 Å². The SMILES string of the molecule is CN1CCC(N(C)C(=O)C(=O)NCCOCCO)CC1. The minimum absolute atomic E-state index is 0.0499. The maximum Gasteiger partial charge on any atom is 0.311 e. The monoisotopic (exact) mass is 287 g/mol. The summed E-state index contributed by atoms with van der Waals surface area (Å²) in [5, 5.41) is 11.0. The Morgan fingerprint density at radius 3 is 2.60 bits per heavy atom. The smallest absolute Gasteiger partial charge is 0.311 e. The fourth-order valence-electron chi connectivity index (χ4n) is 2.19. The van der Waals surface area contributed by atoms with Crippen LogP contribution in [0.3, 0.4) is 0 Å². The number of amides is 2. The molecule has 0 radical (unpaired) electrons. The molecule has 0 aromatic heterocycles. The van der Waals surface area contributed by atoms with Gasteiger partial charge in [0.15, 0.2) is 0 Å². The summed E-state index contributed by atoms with van der Waals surface area (Å²) in [5.41, 5.74) is 0. The molecule has 1 rings (SSSR count). The molecule has 0 atom stereocenters. The molecular weight excluding hydrogens is 262 g/mol. The molecule has 116 valence electrons. The highest BCUT2D eigenvalue weighted by molar-refractivity contribution is 6.35. The Bertz CT molecular complexity index is 317. The molecule has 7 heteroatoms. The zero-order chi connectivity index (χ0) is 15.0. The highest BCUT2D eigenvalue weighted by atomic mass is 16.5. The lowest BCUT2D eigenvalue weighted by Gasteiger charge is -2.34. The average Bonchev–Trinajstić information content (AvgIpc) is 2.46. The number of hydrogen-bond acceptors (Lipinski definition) is 5. The summed E-state index contributed by atoms with van der Waals surface area (Å²) in [5.74, 6) is -1.10. The van der Waals surface area contributed by atoms with Gasteiger partial charge in [0.2, 0.25) is 0 Å². The lowest BCUT2D eigenvalue weighted by atomic mass is 10.0. The van der Waals surface area contributed by atoms with E-state index < -0.39 is 11.8 Å². The van der Waals surface area contributed by atoms with Gasteiger partial charge in [-0.05, 0) is 33.0 Å². The zero-order valence-corrected chi connectivity index (χ0v) is 12.3. The maximum atomic E-state index is 12.0. The summed E-state index contributed by atoms with van der Waals surface area (Å²) in [6.07, 6.45) is 1.79. The van der Waals surface area contributed by atoms with Gasteiger partial charge in [0, 0.05) is 19.6 Å². The molecule has 0 saturated carbocycles. The first-order valence-electron chi connectivity index (χ1n) is 6.98. The first kappa shape index (κ1) is 16.9. The number of carbonyl (C=O) groups excluding carboxylic acids is 2. The van der Waals surface area contributed by atoms with Crippen molar-refractivity contribution in [1.82, 2.24) is 15.1 Å². The van der Waals surface area contributed by atoms with Gasteiger partial charge in [0.25, 0.3) is 0 Å². The van der Waals surface area contributed by atoms with E-state index in [-0.39, 0.29) is 32.4 Å². The quantitative estimate of drug-likeness (QED) is 0.467. The van der Waals surface area contributed by atoms with E-state index in [9.17, 15) is 9.59 Å². The highest BCUT2D eigenvalue weighted by Gasteiger charge is 2.27. The van der Waals surface area contributed by atoms with Crippen LogP contribution in [0.25, 0.3) is 0 Å². The van der Waals surface area contributed by atoms with Crippen LogP contribution < -0.4 is 5.32 Å². The summed E-state index contributed by atoms with van der Waals surface area (Å²) in [4.78, 5) is 27.4. The molecule has 7 nitrogen and oxygen atoms in total. The summed E-state index contributed by atoms with van der Waals surface area (Å²) >= 11 is 0. The predicted molar refractivity (Wildman–Crippen MR) is 74.2 cm³/mol. The standard InChI is InChI=1S/C13H25N3O4/c1-15-6-3-11(4-7-15)16(2)13(19)12(18)14-5-9-20-10-8-17/h11,17H,3-10H2,1-2H3,(H,14,18). The number of nitrogens with zero attached hydrogens (tertiary/aromatic N) is 2. The van der Waals surface area contributed by atoms with Gasteiger partial charge in [0.1, 0.15) is 0 Å². The highest BCUT2D eigenvalue weighted by Crippen LogP contribution is 2.14. The van der Waals surface area contributed by atoms with Crippen molar-refractivity contribution in [3.63, 3.8) is 0 Å². The first-order chi connectivity index (χ1) is 9.56. The molecule has 1 saturated heterocycles. The van der Waals surface area contributed by atoms with E-state index in [1.165, 1.54) is 4.90 Å². The number of ether oxygens (including phenoxy) is 1. The fraction of sp³-hybridized carbons (Fsp3) is 0.846. The molecule has 1 aliphatic heterocycles. The van der Waals surface area contributed by atoms with E-state index in [0.29, 0.717) is 0 Å². The summed E-state index contributed by atoms with van der Waals surface area (Å²) in [6, 6.07) is 0.134. The van der Waals surface area contributed by atoms with Crippen LogP contribution in [-0.4, -0.2) is 86.3 Å². The number of aliphatic hydroxyl groups excluding tert-OH is 1. The van der Waals surface area contributed by atoms with E-state index in [2.05, 4.69) is 17.3 Å². The molecule has 1 aliphatic rings. The Morgan fingerprint density at radius 1 is 1.35 bits per heavy atom. The molecule has 0 aromatic rings. The lowest BCUT2D eigenvalue weighted by molar-refractivity contribution is -0.147. The topological polar surface area (TPSA) is 82.1 Å². The third-order valence-electron chi connectivity index (χ3n) is 3.52. The number of likely N-dealkylation sites (N-methyl/N-ethyl adjacent to an activating group) is 1. The second kappa shape index (κ2) is 8.89. The van der Waals surface area contributed by atoms with E-state index in [0.717, 1.165) is 25.9 Å². The molecule has 20 heavy (non-hydrogen) atoms. The van der Waals surface area contributed by atoms with Crippen LogP contribution in [0.5, 0.6) is 0 Å². The Balaban J connectivity index is 2.27. The van der Waals surface area contributed by atoms with Crippen LogP contribution in [0.2, 0.25) is 0 Å². The van der Waals surface area contributed by atoms with Gasteiger partial charge in [-0.1, -0.05) is 0 Å². The lowest BCUT2D eigenvalue weighted by Crippen LogP contribution is -2.49. The molecule has 0 aliphatic carbocycles. The van der Waals surface area contributed by atoms with Gasteiger partial charge in [-0.3, -0.25) is 9.59 Å². The Kier molecular flexibility index (Phi) is 7.50. The van der Waals surface area contributed by atoms with Gasteiger partial charge >= 0.3 is 11.8 Å². The number of piperidine rings is 1. The zero-order valence-electron chi connectivity index (χ0n) is 12.3. The van der Waals surface area contributed by atoms with Gasteiger partial charge in [-0.2, -0.15) is 0 Å². The van der Waals surface area contributed by atoms with Crippen LogP contribution in [0, 0.1) is 0 Å². The van der Waals surface area contributed by atoms with Crippen molar-refractivity contribution < 1.29 is 19.4 Å². The second-order valence-electron chi connectivity index (χ2n) is 5.04. The van der Waals surface area contributed by atoms with E-state index >= 15 is 0 Å². The van der Waals surface area contributed by atoms with Crippen LogP contribution in [0.1, 0.15) is 12.8 Å². The minimum atomic E-state index is -0.598. The van der Waals surface area contributed by atoms with E-state index in [1.807, 2.05) is 0 Å². The van der Waals surface area contributed by atoms with Gasteiger partial charge < -0.3 is 25.0 Å². The molecule has 2 N–H and O–H groups in total. The Morgan fingerprint density at radius 2 is 2.00 bits per heavy atom. The number of nitrogens with one attached hydrogen (secondary N) is 1. The largest absolute Gasteiger partial charge is 0.394 e. The maximum absolute atomic E-state index is 12.0. The fourth-order valence-corrected chi connectivity index (χ4v) is 2.19. The third kappa shape index (κ3) is 5.44. The van der Waals surface area contributed by atoms with Crippen molar-refractivity contribution in [3.8, 4) is 0 Å². The molecule has 1 heterocycles. The number of rotatable bonds is 6. The van der Waals surface area contributed by atoms with E-state index in [4.69, 9.17) is 9.84 Å². The molecule has 0 spiro atoms. The summed E-state index contributed by atoms with van der Waals surface area (Å²) in [7, 11) is 3.73. The number of likely N-dealkylation sites (tertiary alicyclic amines) is 1. The van der Waals surface area contributed by atoms with Gasteiger partial charge in [-0.25, -0.2) is 0 Å². The van der Waals surface area contributed by atoms with Crippen LogP contribution in [-0.2, 0) is 14.3 Å². The van der Waals surface area contributed by atoms with E-state index in [1.54, 1.807) is 7.05 Å². The predicted octanol–water partition coefficient (Wildman–Crippen LogP) is -1.34. The number of aliphatic hydroxyl groups is 1. The van der Waals surface area contributed by atoms with Gasteiger partial charge in [0.05, 0.1) is 19.8 Å². The molecule has 2 amide bonds. The van der Waals surface area contributed by atoms with Crippen molar-refractivity contribution in [2.24, 2.45) is 0 Å². The summed E-state index contributed by atoms with van der Waals surface area (Å²) < 4.78 is 5.01. The molecule has 0 bridgehead atoms. The van der Waals surface area contributed by atoms with Gasteiger partial charge in [-0.15, -0.1) is 0 Å². The minimum Gasteiger partial charge on any atom is -0.394 e. The molecular formula is C13H25N3O4. The Hall–Kier alpha value is -1.18. The van der Waals surface area contributed by atoms with Crippen molar-refractivity contribution in [3.05, 3.63) is 0 Å². The molecule has 1 fully saturated rings. The Labute approximate surface area is 119 Å². The first-order valence-corrected chi connectivity index (χ1v) is 6.98. The molecule has 0 aromatic carbocycles. The van der Waals surface area contributed by atoms with Crippen LogP contribution >= 0.6 is 0 Å². The van der Waals surface area contributed by atoms with Crippen molar-refractivity contribution in [1.29, 1.82) is 0 Å². The van der Waals surface area contributed by atoms with Crippen LogP contribution in [0.4, 0.5) is 0 Å². The average molecular weight is 287 g/mol. The summed E-state index contributed by atoms with van der Waals surface area (Å²) in [6.45, 7) is 2.63. The van der Waals surface area contributed by atoms with Crippen LogP contribution in [0.15, 0.2) is 0 Å². The second-order valence-corrected chi connectivity index (χ2v) is 5.04. The van der Waals surface area contributed by atoms with Crippen molar-refractivity contribution >= 4 is 11.8 Å². The number of hydrogen-bond donors (Lipinski definition) is 2.